The second-order valence-electron chi connectivity index (χ2n) is 3.50. The summed E-state index contributed by atoms with van der Waals surface area (Å²) in [7, 11) is 0. The predicted octanol–water partition coefficient (Wildman–Crippen LogP) is 4.41. The molecule has 1 N–H and O–H groups in total. The fraction of sp³-hybridized carbons (Fsp3) is 0. The molecule has 92 valence electrons. The molecule has 0 spiro atoms. The van der Waals surface area contributed by atoms with E-state index < -0.39 is 5.97 Å². The highest BCUT2D eigenvalue weighted by atomic mass is 79.9. The fourth-order valence-electron chi connectivity index (χ4n) is 1.40. The van der Waals surface area contributed by atoms with Crippen LogP contribution in [0, 0.1) is 5.82 Å². The summed E-state index contributed by atoms with van der Waals surface area (Å²) in [6.45, 7) is 0. The highest BCUT2D eigenvalue weighted by Gasteiger charge is 2.05. The van der Waals surface area contributed by atoms with Crippen LogP contribution in [0.4, 0.5) is 4.39 Å². The number of carbonyl (C=O) groups is 1. The zero-order valence-electron chi connectivity index (χ0n) is 9.06. The lowest BCUT2D eigenvalue weighted by Crippen LogP contribution is -1.84. The first-order valence-electron chi connectivity index (χ1n) is 5.02. The standard InChI is InChI=1S/C13H8BrFO2S/c14-10-4-1-8(7-11(10)15)12-5-2-9(18-12)3-6-13(16)17/h1-7H,(H,16,17). The summed E-state index contributed by atoms with van der Waals surface area (Å²) in [5.74, 6) is -1.30. The maximum absolute atomic E-state index is 13.4. The molecule has 5 heteroatoms. The Hall–Kier alpha value is -1.46. The predicted molar refractivity (Wildman–Crippen MR) is 74.1 cm³/mol. The summed E-state index contributed by atoms with van der Waals surface area (Å²) < 4.78 is 13.8. The van der Waals surface area contributed by atoms with Gasteiger partial charge in [0.25, 0.3) is 0 Å². The Morgan fingerprint density at radius 2 is 2.11 bits per heavy atom. The molecule has 0 fully saturated rings. The van der Waals surface area contributed by atoms with Crippen LogP contribution in [0.2, 0.25) is 0 Å². The Morgan fingerprint density at radius 1 is 1.33 bits per heavy atom. The number of benzene rings is 1. The number of rotatable bonds is 3. The summed E-state index contributed by atoms with van der Waals surface area (Å²) in [5.41, 5.74) is 0.774. The van der Waals surface area contributed by atoms with E-state index in [1.807, 2.05) is 12.1 Å². The van der Waals surface area contributed by atoms with Crippen molar-refractivity contribution in [2.75, 3.05) is 0 Å². The number of thiophene rings is 1. The van der Waals surface area contributed by atoms with E-state index in [1.165, 1.54) is 23.5 Å². The molecule has 0 unspecified atom stereocenters. The van der Waals surface area contributed by atoms with Crippen LogP contribution in [-0.4, -0.2) is 11.1 Å². The van der Waals surface area contributed by atoms with Crippen LogP contribution in [0.3, 0.4) is 0 Å². The first-order valence-corrected chi connectivity index (χ1v) is 6.63. The van der Waals surface area contributed by atoms with Crippen LogP contribution in [0.5, 0.6) is 0 Å². The SMILES string of the molecule is O=C(O)C=Cc1ccc(-c2ccc(Br)c(F)c2)s1. The van der Waals surface area contributed by atoms with Gasteiger partial charge in [0.05, 0.1) is 4.47 Å². The van der Waals surface area contributed by atoms with Gasteiger partial charge >= 0.3 is 5.97 Å². The Labute approximate surface area is 116 Å². The van der Waals surface area contributed by atoms with E-state index in [0.29, 0.717) is 4.47 Å². The summed E-state index contributed by atoms with van der Waals surface area (Å²) in [4.78, 5) is 12.1. The minimum Gasteiger partial charge on any atom is -0.478 e. The van der Waals surface area contributed by atoms with Gasteiger partial charge in [-0.05, 0) is 51.8 Å². The van der Waals surface area contributed by atoms with Crippen molar-refractivity contribution < 1.29 is 14.3 Å². The smallest absolute Gasteiger partial charge is 0.328 e. The lowest BCUT2D eigenvalue weighted by Gasteiger charge is -1.99. The number of hydrogen-bond acceptors (Lipinski definition) is 2. The molecule has 0 saturated carbocycles. The largest absolute Gasteiger partial charge is 0.478 e. The fourth-order valence-corrected chi connectivity index (χ4v) is 2.55. The van der Waals surface area contributed by atoms with Crippen molar-refractivity contribution in [1.82, 2.24) is 0 Å². The van der Waals surface area contributed by atoms with Gasteiger partial charge in [-0.3, -0.25) is 0 Å². The lowest BCUT2D eigenvalue weighted by molar-refractivity contribution is -0.131. The quantitative estimate of drug-likeness (QED) is 0.848. The minimum absolute atomic E-state index is 0.316. The van der Waals surface area contributed by atoms with Crippen LogP contribution in [-0.2, 0) is 4.79 Å². The molecule has 0 atom stereocenters. The van der Waals surface area contributed by atoms with Gasteiger partial charge in [0.1, 0.15) is 5.82 Å². The molecule has 2 aromatic rings. The van der Waals surface area contributed by atoms with Crippen molar-refractivity contribution in [2.24, 2.45) is 0 Å². The third kappa shape index (κ3) is 3.05. The molecular weight excluding hydrogens is 319 g/mol. The van der Waals surface area contributed by atoms with E-state index in [9.17, 15) is 9.18 Å². The molecular formula is C13H8BrFO2S. The Bertz CT molecular complexity index is 619. The molecule has 0 bridgehead atoms. The van der Waals surface area contributed by atoms with Crippen molar-refractivity contribution in [2.45, 2.75) is 0 Å². The molecule has 2 nitrogen and oxygen atoms in total. The molecule has 0 aliphatic carbocycles. The Morgan fingerprint density at radius 3 is 2.78 bits per heavy atom. The van der Waals surface area contributed by atoms with Crippen molar-refractivity contribution in [1.29, 1.82) is 0 Å². The number of aliphatic carboxylic acids is 1. The first-order chi connectivity index (χ1) is 8.56. The van der Waals surface area contributed by atoms with E-state index >= 15 is 0 Å². The molecule has 2 rings (SSSR count). The molecule has 0 saturated heterocycles. The van der Waals surface area contributed by atoms with Crippen molar-refractivity contribution >= 4 is 39.3 Å². The third-order valence-corrected chi connectivity index (χ3v) is 3.96. The minimum atomic E-state index is -0.986. The maximum atomic E-state index is 13.4. The second-order valence-corrected chi connectivity index (χ2v) is 5.47. The molecule has 18 heavy (non-hydrogen) atoms. The monoisotopic (exact) mass is 326 g/mol. The van der Waals surface area contributed by atoms with Crippen molar-refractivity contribution in [3.8, 4) is 10.4 Å². The lowest BCUT2D eigenvalue weighted by atomic mass is 10.2. The zero-order valence-corrected chi connectivity index (χ0v) is 11.5. The van der Waals surface area contributed by atoms with Crippen LogP contribution >= 0.6 is 27.3 Å². The average molecular weight is 327 g/mol. The van der Waals surface area contributed by atoms with Gasteiger partial charge in [-0.2, -0.15) is 0 Å². The summed E-state index contributed by atoms with van der Waals surface area (Å²) in [6.07, 6.45) is 2.60. The van der Waals surface area contributed by atoms with E-state index in [2.05, 4.69) is 15.9 Å². The molecule has 0 radical (unpaired) electrons. The number of carboxylic acids is 1. The summed E-state index contributed by atoms with van der Waals surface area (Å²) in [6, 6.07) is 8.55. The van der Waals surface area contributed by atoms with Gasteiger partial charge in [-0.25, -0.2) is 9.18 Å². The second kappa shape index (κ2) is 5.46. The summed E-state index contributed by atoms with van der Waals surface area (Å²) in [5, 5.41) is 8.53. The van der Waals surface area contributed by atoms with E-state index in [-0.39, 0.29) is 5.82 Å². The van der Waals surface area contributed by atoms with Crippen LogP contribution in [0.1, 0.15) is 4.88 Å². The Kier molecular flexibility index (Phi) is 3.93. The van der Waals surface area contributed by atoms with E-state index in [0.717, 1.165) is 21.4 Å². The van der Waals surface area contributed by atoms with Gasteiger partial charge < -0.3 is 5.11 Å². The van der Waals surface area contributed by atoms with Crippen molar-refractivity contribution in [3.63, 3.8) is 0 Å². The third-order valence-electron chi connectivity index (χ3n) is 2.22. The zero-order chi connectivity index (χ0) is 13.1. The molecule has 0 amide bonds. The molecule has 0 aliphatic heterocycles. The number of halogens is 2. The van der Waals surface area contributed by atoms with Gasteiger partial charge in [0.15, 0.2) is 0 Å². The molecule has 1 heterocycles. The normalized spacial score (nSPS) is 11.0. The number of carboxylic acid groups (broad SMARTS) is 1. The number of hydrogen-bond donors (Lipinski definition) is 1. The van der Waals surface area contributed by atoms with Crippen LogP contribution in [0.25, 0.3) is 16.5 Å². The molecule has 1 aromatic heterocycles. The van der Waals surface area contributed by atoms with Gasteiger partial charge in [-0.1, -0.05) is 6.07 Å². The summed E-state index contributed by atoms with van der Waals surface area (Å²) >= 11 is 4.51. The highest BCUT2D eigenvalue weighted by molar-refractivity contribution is 9.10. The maximum Gasteiger partial charge on any atom is 0.328 e. The van der Waals surface area contributed by atoms with E-state index in [4.69, 9.17) is 5.11 Å². The average Bonchev–Trinajstić information content (AvgIpc) is 2.79. The molecule has 0 aliphatic rings. The van der Waals surface area contributed by atoms with E-state index in [1.54, 1.807) is 12.1 Å². The van der Waals surface area contributed by atoms with Crippen LogP contribution < -0.4 is 0 Å². The first kappa shape index (κ1) is 13.0. The van der Waals surface area contributed by atoms with Crippen molar-refractivity contribution in [3.05, 3.63) is 51.6 Å². The highest BCUT2D eigenvalue weighted by Crippen LogP contribution is 2.30. The van der Waals surface area contributed by atoms with Gasteiger partial charge in [0.2, 0.25) is 0 Å². The molecule has 1 aromatic carbocycles. The Balaban J connectivity index is 2.29. The van der Waals surface area contributed by atoms with Gasteiger partial charge in [-0.15, -0.1) is 11.3 Å². The van der Waals surface area contributed by atoms with Gasteiger partial charge in [0, 0.05) is 15.8 Å². The topological polar surface area (TPSA) is 37.3 Å². The van der Waals surface area contributed by atoms with Crippen LogP contribution in [0.15, 0.2) is 40.9 Å².